The summed E-state index contributed by atoms with van der Waals surface area (Å²) < 4.78 is 28.8. The van der Waals surface area contributed by atoms with Gasteiger partial charge in [0.1, 0.15) is 16.5 Å². The molecule has 0 fully saturated rings. The molecule has 2 heterocycles. The molecule has 114 valence electrons. The van der Waals surface area contributed by atoms with E-state index in [4.69, 9.17) is 0 Å². The summed E-state index contributed by atoms with van der Waals surface area (Å²) in [5.74, 6) is 1.07. The second kappa shape index (κ2) is 6.13. The van der Waals surface area contributed by atoms with Gasteiger partial charge >= 0.3 is 0 Å². The fourth-order valence-electron chi connectivity index (χ4n) is 1.83. The third-order valence-corrected chi connectivity index (χ3v) is 4.14. The predicted octanol–water partition coefficient (Wildman–Crippen LogP) is 2.09. The Morgan fingerprint density at radius 3 is 2.62 bits per heavy atom. The largest absolute Gasteiger partial charge is 0.370 e. The molecule has 8 heteroatoms. The average Bonchev–Trinajstić information content (AvgIpc) is 2.87. The molecule has 0 radical (unpaired) electrons. The molecule has 0 aliphatic heterocycles. The lowest BCUT2D eigenvalue weighted by atomic mass is 10.4. The molecule has 0 saturated heterocycles. The maximum absolute atomic E-state index is 12.3. The van der Waals surface area contributed by atoms with Crippen molar-refractivity contribution in [3.05, 3.63) is 30.6 Å². The summed E-state index contributed by atoms with van der Waals surface area (Å²) in [6, 6.07) is 4.84. The first-order valence-electron chi connectivity index (χ1n) is 6.70. The minimum Gasteiger partial charge on any atom is -0.370 e. The zero-order chi connectivity index (χ0) is 15.5. The molecule has 7 nitrogen and oxygen atoms in total. The van der Waals surface area contributed by atoms with Crippen molar-refractivity contribution in [1.29, 1.82) is 0 Å². The molecule has 0 spiro atoms. The number of sulfonamides is 1. The van der Waals surface area contributed by atoms with E-state index in [-0.39, 0.29) is 10.9 Å². The molecule has 0 aliphatic carbocycles. The second-order valence-electron chi connectivity index (χ2n) is 4.77. The number of nitrogens with one attached hydrogen (secondary N) is 2. The minimum absolute atomic E-state index is 0.0620. The fraction of sp³-hybridized carbons (Fsp3) is 0.385. The standard InChI is InChI=1S/C13H19N5O2S/c1-4-14-12-6-5-11(9-15-12)21(19,20)17-13-7-8-16-18(13)10(2)3/h5-10,17H,4H2,1-3H3,(H,14,15). The number of hydrogen-bond acceptors (Lipinski definition) is 5. The van der Waals surface area contributed by atoms with E-state index in [9.17, 15) is 8.42 Å². The van der Waals surface area contributed by atoms with Crippen molar-refractivity contribution in [2.45, 2.75) is 31.7 Å². The van der Waals surface area contributed by atoms with Crippen LogP contribution in [0.3, 0.4) is 0 Å². The van der Waals surface area contributed by atoms with Crippen LogP contribution in [0.2, 0.25) is 0 Å². The van der Waals surface area contributed by atoms with Gasteiger partial charge in [0.25, 0.3) is 10.0 Å². The Bertz CT molecular complexity index is 692. The van der Waals surface area contributed by atoms with Gasteiger partial charge in [0, 0.05) is 24.8 Å². The molecular weight excluding hydrogens is 290 g/mol. The van der Waals surface area contributed by atoms with E-state index in [1.165, 1.54) is 12.3 Å². The molecule has 21 heavy (non-hydrogen) atoms. The number of rotatable bonds is 6. The zero-order valence-corrected chi connectivity index (χ0v) is 13.1. The monoisotopic (exact) mass is 309 g/mol. The van der Waals surface area contributed by atoms with E-state index in [1.807, 2.05) is 20.8 Å². The summed E-state index contributed by atoms with van der Waals surface area (Å²) in [4.78, 5) is 4.18. The number of anilines is 2. The first-order chi connectivity index (χ1) is 9.94. The summed E-state index contributed by atoms with van der Waals surface area (Å²) in [5.41, 5.74) is 0. The Labute approximate surface area is 124 Å². The molecule has 0 unspecified atom stereocenters. The van der Waals surface area contributed by atoms with E-state index >= 15 is 0 Å². The lowest BCUT2D eigenvalue weighted by Crippen LogP contribution is -2.17. The highest BCUT2D eigenvalue weighted by molar-refractivity contribution is 7.92. The van der Waals surface area contributed by atoms with Crippen molar-refractivity contribution in [2.75, 3.05) is 16.6 Å². The molecular formula is C13H19N5O2S. The van der Waals surface area contributed by atoms with Crippen LogP contribution in [0.15, 0.2) is 35.5 Å². The van der Waals surface area contributed by atoms with Gasteiger partial charge in [0.2, 0.25) is 0 Å². The van der Waals surface area contributed by atoms with Crippen LogP contribution in [-0.4, -0.2) is 29.7 Å². The van der Waals surface area contributed by atoms with Crippen LogP contribution in [0.25, 0.3) is 0 Å². The van der Waals surface area contributed by atoms with E-state index < -0.39 is 10.0 Å². The van der Waals surface area contributed by atoms with Crippen LogP contribution in [0, 0.1) is 0 Å². The van der Waals surface area contributed by atoms with Crippen molar-refractivity contribution in [1.82, 2.24) is 14.8 Å². The Kier molecular flexibility index (Phi) is 4.46. The molecule has 0 aliphatic rings. The van der Waals surface area contributed by atoms with Crippen LogP contribution in [0.1, 0.15) is 26.8 Å². The van der Waals surface area contributed by atoms with Gasteiger partial charge in [0.05, 0.1) is 6.20 Å². The normalized spacial score (nSPS) is 11.6. The Hall–Kier alpha value is -2.09. The third kappa shape index (κ3) is 3.52. The van der Waals surface area contributed by atoms with Crippen LogP contribution < -0.4 is 10.0 Å². The van der Waals surface area contributed by atoms with E-state index in [2.05, 4.69) is 20.1 Å². The predicted molar refractivity (Wildman–Crippen MR) is 81.8 cm³/mol. The molecule has 2 aromatic rings. The Balaban J connectivity index is 2.23. The van der Waals surface area contributed by atoms with Crippen LogP contribution in [0.4, 0.5) is 11.6 Å². The topological polar surface area (TPSA) is 88.9 Å². The number of aromatic nitrogens is 3. The summed E-state index contributed by atoms with van der Waals surface area (Å²) in [6.45, 7) is 6.53. The molecule has 0 aromatic carbocycles. The van der Waals surface area contributed by atoms with Crippen molar-refractivity contribution < 1.29 is 8.42 Å². The van der Waals surface area contributed by atoms with Gasteiger partial charge in [-0.05, 0) is 32.9 Å². The van der Waals surface area contributed by atoms with E-state index in [0.29, 0.717) is 11.6 Å². The molecule has 2 aromatic heterocycles. The maximum atomic E-state index is 12.3. The van der Waals surface area contributed by atoms with Gasteiger partial charge < -0.3 is 5.32 Å². The molecule has 0 saturated carbocycles. The van der Waals surface area contributed by atoms with Crippen molar-refractivity contribution >= 4 is 21.7 Å². The van der Waals surface area contributed by atoms with Crippen LogP contribution in [-0.2, 0) is 10.0 Å². The SMILES string of the molecule is CCNc1ccc(S(=O)(=O)Nc2ccnn2C(C)C)cn1. The molecule has 2 rings (SSSR count). The number of hydrogen-bond donors (Lipinski definition) is 2. The van der Waals surface area contributed by atoms with Crippen LogP contribution >= 0.6 is 0 Å². The third-order valence-electron chi connectivity index (χ3n) is 2.80. The summed E-state index contributed by atoms with van der Waals surface area (Å²) in [5, 5.41) is 7.11. The van der Waals surface area contributed by atoms with Crippen LogP contribution in [0.5, 0.6) is 0 Å². The highest BCUT2D eigenvalue weighted by Gasteiger charge is 2.17. The molecule has 0 amide bonds. The van der Waals surface area contributed by atoms with E-state index in [0.717, 1.165) is 6.54 Å². The minimum atomic E-state index is -3.67. The Morgan fingerprint density at radius 1 is 1.29 bits per heavy atom. The molecule has 0 atom stereocenters. The average molecular weight is 309 g/mol. The highest BCUT2D eigenvalue weighted by atomic mass is 32.2. The van der Waals surface area contributed by atoms with Gasteiger partial charge in [-0.25, -0.2) is 18.1 Å². The number of pyridine rings is 1. The van der Waals surface area contributed by atoms with Gasteiger partial charge in [-0.3, -0.25) is 4.72 Å². The smallest absolute Gasteiger partial charge is 0.264 e. The Morgan fingerprint density at radius 2 is 2.05 bits per heavy atom. The molecule has 2 N–H and O–H groups in total. The second-order valence-corrected chi connectivity index (χ2v) is 6.45. The summed E-state index contributed by atoms with van der Waals surface area (Å²) in [7, 11) is -3.67. The van der Waals surface area contributed by atoms with Gasteiger partial charge in [-0.2, -0.15) is 5.10 Å². The fourth-order valence-corrected chi connectivity index (χ4v) is 2.82. The zero-order valence-electron chi connectivity index (χ0n) is 12.2. The van der Waals surface area contributed by atoms with Crippen molar-refractivity contribution in [3.8, 4) is 0 Å². The summed E-state index contributed by atoms with van der Waals surface area (Å²) >= 11 is 0. The van der Waals surface area contributed by atoms with E-state index in [1.54, 1.807) is 23.0 Å². The molecule has 0 bridgehead atoms. The first-order valence-corrected chi connectivity index (χ1v) is 8.18. The lowest BCUT2D eigenvalue weighted by Gasteiger charge is -2.13. The van der Waals surface area contributed by atoms with Gasteiger partial charge in [0.15, 0.2) is 0 Å². The van der Waals surface area contributed by atoms with Crippen molar-refractivity contribution in [2.24, 2.45) is 0 Å². The highest BCUT2D eigenvalue weighted by Crippen LogP contribution is 2.18. The quantitative estimate of drug-likeness (QED) is 0.853. The van der Waals surface area contributed by atoms with Crippen molar-refractivity contribution in [3.63, 3.8) is 0 Å². The number of nitrogens with zero attached hydrogens (tertiary/aromatic N) is 3. The maximum Gasteiger partial charge on any atom is 0.264 e. The van der Waals surface area contributed by atoms with Gasteiger partial charge in [-0.1, -0.05) is 0 Å². The first kappa shape index (κ1) is 15.3. The summed E-state index contributed by atoms with van der Waals surface area (Å²) in [6.07, 6.45) is 2.89. The lowest BCUT2D eigenvalue weighted by molar-refractivity contribution is 0.539. The van der Waals surface area contributed by atoms with Gasteiger partial charge in [-0.15, -0.1) is 0 Å².